The van der Waals surface area contributed by atoms with Gasteiger partial charge in [-0.2, -0.15) is 10.4 Å². The van der Waals surface area contributed by atoms with E-state index in [0.29, 0.717) is 10.9 Å². The first-order chi connectivity index (χ1) is 18.4. The number of carbonyl (C=O) groups is 1. The third kappa shape index (κ3) is 4.84. The highest BCUT2D eigenvalue weighted by atomic mass is 32.2. The van der Waals surface area contributed by atoms with E-state index < -0.39 is 49.8 Å². The normalized spacial score (nSPS) is 14.6. The molecule has 2 aromatic heterocycles. The number of rotatable bonds is 10. The third-order valence-electron chi connectivity index (χ3n) is 7.01. The summed E-state index contributed by atoms with van der Waals surface area (Å²) >= 11 is 0. The van der Waals surface area contributed by atoms with Crippen LogP contribution in [0.3, 0.4) is 0 Å². The Morgan fingerprint density at radius 1 is 1.31 bits per heavy atom. The summed E-state index contributed by atoms with van der Waals surface area (Å²) in [5.74, 6) is -1.57. The first kappa shape index (κ1) is 28.1. The van der Waals surface area contributed by atoms with Gasteiger partial charge in [0.15, 0.2) is 9.84 Å². The molecule has 206 valence electrons. The summed E-state index contributed by atoms with van der Waals surface area (Å²) < 4.78 is 44.0. The molecule has 1 aliphatic rings. The molecule has 1 aliphatic carbocycles. The van der Waals surface area contributed by atoms with Crippen LogP contribution < -0.4 is 15.6 Å². The molecule has 1 saturated carbocycles. The van der Waals surface area contributed by atoms with Crippen LogP contribution in [0.2, 0.25) is 0 Å². The van der Waals surface area contributed by atoms with Gasteiger partial charge in [0, 0.05) is 19.0 Å². The summed E-state index contributed by atoms with van der Waals surface area (Å²) in [4.78, 5) is 25.9. The lowest BCUT2D eigenvalue weighted by Crippen LogP contribution is -2.50. The molecule has 3 aromatic rings. The highest BCUT2D eigenvalue weighted by molar-refractivity contribution is 7.94. The predicted molar refractivity (Wildman–Crippen MR) is 136 cm³/mol. The minimum absolute atomic E-state index is 0.0945. The van der Waals surface area contributed by atoms with Crippen LogP contribution in [0.25, 0.3) is 10.9 Å². The van der Waals surface area contributed by atoms with Gasteiger partial charge in [0.05, 0.1) is 25.0 Å². The largest absolute Gasteiger partial charge is 0.473 e. The fourth-order valence-corrected chi connectivity index (χ4v) is 6.43. The van der Waals surface area contributed by atoms with E-state index in [0.717, 1.165) is 10.6 Å². The van der Waals surface area contributed by atoms with Crippen LogP contribution in [-0.2, 0) is 23.4 Å². The molecule has 12 nitrogen and oxygen atoms in total. The molecule has 1 fully saturated rings. The average Bonchev–Trinajstić information content (AvgIpc) is 3.73. The van der Waals surface area contributed by atoms with Gasteiger partial charge in [0.25, 0.3) is 17.3 Å². The molecule has 0 atom stereocenters. The van der Waals surface area contributed by atoms with Gasteiger partial charge in [0.1, 0.15) is 39.1 Å². The number of halogens is 1. The van der Waals surface area contributed by atoms with Crippen LogP contribution in [0.15, 0.2) is 35.3 Å². The van der Waals surface area contributed by atoms with E-state index in [1.165, 1.54) is 38.4 Å². The monoisotopic (exact) mass is 559 g/mol. The molecule has 39 heavy (non-hydrogen) atoms. The molecule has 1 aromatic carbocycles. The summed E-state index contributed by atoms with van der Waals surface area (Å²) in [6.45, 7) is -0.699. The average molecular weight is 560 g/mol. The number of amides is 1. The maximum absolute atomic E-state index is 13.9. The second-order valence-electron chi connectivity index (χ2n) is 9.73. The summed E-state index contributed by atoms with van der Waals surface area (Å²) in [5, 5.41) is 38.7. The van der Waals surface area contributed by atoms with E-state index in [1.54, 1.807) is 6.07 Å². The number of ether oxygens (including phenoxy) is 1. The quantitative estimate of drug-likeness (QED) is 0.313. The Bertz CT molecular complexity index is 1660. The highest BCUT2D eigenvalue weighted by Gasteiger charge is 2.61. The number of hydrogen-bond donors (Lipinski definition) is 3. The number of aromatic nitrogens is 3. The van der Waals surface area contributed by atoms with Crippen molar-refractivity contribution in [3.8, 4) is 11.9 Å². The molecule has 3 N–H and O–H groups in total. The summed E-state index contributed by atoms with van der Waals surface area (Å²) in [5.41, 5.74) is -0.470. The molecule has 1 amide bonds. The van der Waals surface area contributed by atoms with Crippen molar-refractivity contribution in [3.05, 3.63) is 63.3 Å². The molecule has 0 unspecified atom stereocenters. The number of nitriles is 1. The van der Waals surface area contributed by atoms with Crippen molar-refractivity contribution in [1.29, 1.82) is 5.26 Å². The van der Waals surface area contributed by atoms with Gasteiger partial charge in [-0.1, -0.05) is 6.07 Å². The Labute approximate surface area is 222 Å². The Morgan fingerprint density at radius 3 is 2.59 bits per heavy atom. The molecule has 0 aliphatic heterocycles. The molecular weight excluding hydrogens is 533 g/mol. The number of nitrogens with zero attached hydrogens (tertiary/aromatic N) is 4. The lowest BCUT2D eigenvalue weighted by Gasteiger charge is -2.30. The van der Waals surface area contributed by atoms with Crippen LogP contribution in [0.4, 0.5) is 4.39 Å². The Kier molecular flexibility index (Phi) is 7.44. The lowest BCUT2D eigenvalue weighted by molar-refractivity contribution is 0.0949. The number of carbonyl (C=O) groups excluding carboxylic acids is 1. The van der Waals surface area contributed by atoms with Crippen molar-refractivity contribution in [2.75, 3.05) is 19.8 Å². The van der Waals surface area contributed by atoms with E-state index in [9.17, 15) is 32.6 Å². The van der Waals surface area contributed by atoms with Gasteiger partial charge in [-0.15, -0.1) is 5.10 Å². The van der Waals surface area contributed by atoms with Gasteiger partial charge in [-0.3, -0.25) is 9.59 Å². The maximum Gasteiger partial charge on any atom is 0.263 e. The number of hydrogen-bond acceptors (Lipinski definition) is 10. The van der Waals surface area contributed by atoms with Crippen molar-refractivity contribution in [3.63, 3.8) is 0 Å². The topological polar surface area (TPSA) is 184 Å². The second kappa shape index (κ2) is 10.3. The highest BCUT2D eigenvalue weighted by Crippen LogP contribution is 2.48. The summed E-state index contributed by atoms with van der Waals surface area (Å²) in [6, 6.07) is 6.90. The second-order valence-corrected chi connectivity index (χ2v) is 12.6. The van der Waals surface area contributed by atoms with E-state index in [1.807, 2.05) is 0 Å². The minimum Gasteiger partial charge on any atom is -0.473 e. The van der Waals surface area contributed by atoms with E-state index in [2.05, 4.69) is 15.5 Å². The number of aliphatic hydroxyl groups excluding tert-OH is 2. The zero-order valence-electron chi connectivity index (χ0n) is 21.1. The van der Waals surface area contributed by atoms with Crippen LogP contribution >= 0.6 is 0 Å². The van der Waals surface area contributed by atoms with Crippen LogP contribution in [0.1, 0.15) is 41.3 Å². The standard InChI is InChI=1S/C25H26FN5O7S/c1-24(12-32,13-33)39(36,37)25(5-6-25)14-38-22-20-17(11-29-30-22)8-18(23(35)31(20)2)21(34)28-10-15-3-4-16(9-27)19(26)7-15/h3-4,7-8,11,32-33H,5-6,10,12-14H2,1-2H3,(H,28,34). The minimum atomic E-state index is -4.02. The zero-order valence-corrected chi connectivity index (χ0v) is 22.0. The van der Waals surface area contributed by atoms with E-state index in [-0.39, 0.29) is 48.5 Å². The molecule has 2 heterocycles. The van der Waals surface area contributed by atoms with Crippen molar-refractivity contribution in [2.45, 2.75) is 35.8 Å². The van der Waals surface area contributed by atoms with Crippen molar-refractivity contribution in [2.24, 2.45) is 7.05 Å². The number of aliphatic hydroxyl groups is 2. The smallest absolute Gasteiger partial charge is 0.263 e. The van der Waals surface area contributed by atoms with Gasteiger partial charge >= 0.3 is 0 Å². The van der Waals surface area contributed by atoms with Crippen molar-refractivity contribution in [1.82, 2.24) is 20.1 Å². The molecular formula is C25H26FN5O7S. The number of nitrogens with one attached hydrogen (secondary N) is 1. The summed E-state index contributed by atoms with van der Waals surface area (Å²) in [7, 11) is -2.63. The van der Waals surface area contributed by atoms with E-state index >= 15 is 0 Å². The fraction of sp³-hybridized carbons (Fsp3) is 0.400. The Hall–Kier alpha value is -3.93. The first-order valence-corrected chi connectivity index (χ1v) is 13.3. The molecule has 0 radical (unpaired) electrons. The lowest BCUT2D eigenvalue weighted by atomic mass is 10.1. The van der Waals surface area contributed by atoms with E-state index in [4.69, 9.17) is 10.00 Å². The van der Waals surface area contributed by atoms with Crippen molar-refractivity contribution < 1.29 is 32.6 Å². The van der Waals surface area contributed by atoms with Crippen molar-refractivity contribution >= 4 is 26.6 Å². The maximum atomic E-state index is 13.9. The number of aryl methyl sites for hydroxylation is 1. The van der Waals surface area contributed by atoms with Gasteiger partial charge in [-0.25, -0.2) is 12.8 Å². The number of pyridine rings is 1. The van der Waals surface area contributed by atoms with Gasteiger partial charge < -0.3 is 24.8 Å². The Morgan fingerprint density at radius 2 is 2.00 bits per heavy atom. The van der Waals surface area contributed by atoms with Gasteiger partial charge in [-0.05, 0) is 43.5 Å². The van der Waals surface area contributed by atoms with Crippen LogP contribution in [0.5, 0.6) is 5.88 Å². The fourth-order valence-electron chi connectivity index (χ4n) is 4.19. The predicted octanol–water partition coefficient (Wildman–Crippen LogP) is 0.339. The van der Waals surface area contributed by atoms with Crippen LogP contribution in [-0.4, -0.2) is 68.6 Å². The Balaban J connectivity index is 1.58. The van der Waals surface area contributed by atoms with Gasteiger partial charge in [0.2, 0.25) is 0 Å². The van der Waals surface area contributed by atoms with Crippen LogP contribution in [0, 0.1) is 17.1 Å². The molecule has 0 bridgehead atoms. The SMILES string of the molecule is Cn1c(=O)c(C(=O)NCc2ccc(C#N)c(F)c2)cc2cnnc(OCC3(S(=O)(=O)C(C)(CO)CO)CC3)c21. The molecule has 14 heteroatoms. The summed E-state index contributed by atoms with van der Waals surface area (Å²) in [6.07, 6.45) is 1.83. The number of sulfone groups is 1. The number of fused-ring (bicyclic) bond motifs is 1. The zero-order chi connectivity index (χ0) is 28.6. The third-order valence-corrected chi connectivity index (χ3v) is 10.2. The first-order valence-electron chi connectivity index (χ1n) is 11.8. The molecule has 4 rings (SSSR count). The molecule has 0 saturated heterocycles. The number of benzene rings is 1. The molecule has 0 spiro atoms.